The Balaban J connectivity index is 1.65. The molecule has 0 saturated heterocycles. The van der Waals surface area contributed by atoms with E-state index in [1.807, 2.05) is 75.6 Å². The maximum Gasteiger partial charge on any atom is 0.224 e. The van der Waals surface area contributed by atoms with Crippen LogP contribution in [0, 0.1) is 20.8 Å². The monoisotopic (exact) mass is 421 g/mol. The van der Waals surface area contributed by atoms with Gasteiger partial charge in [0.15, 0.2) is 5.16 Å². The van der Waals surface area contributed by atoms with Crippen molar-refractivity contribution in [2.75, 3.05) is 11.6 Å². The van der Waals surface area contributed by atoms with Crippen molar-refractivity contribution < 1.29 is 9.53 Å². The van der Waals surface area contributed by atoms with Gasteiger partial charge in [-0.15, -0.1) is 0 Å². The molecule has 0 saturated carbocycles. The van der Waals surface area contributed by atoms with Crippen molar-refractivity contribution in [3.05, 3.63) is 76.6 Å². The Kier molecular flexibility index (Phi) is 7.46. The second-order valence-corrected chi connectivity index (χ2v) is 7.96. The van der Waals surface area contributed by atoms with E-state index in [1.165, 1.54) is 11.8 Å². The Hall–Kier alpha value is -2.86. The van der Waals surface area contributed by atoms with E-state index in [-0.39, 0.29) is 5.91 Å². The number of nitrogens with one attached hydrogen (secondary N) is 1. The van der Waals surface area contributed by atoms with Crippen LogP contribution in [0.25, 0.3) is 0 Å². The molecule has 6 heteroatoms. The number of aromatic nitrogens is 2. The molecule has 3 rings (SSSR count). The van der Waals surface area contributed by atoms with Crippen molar-refractivity contribution in [3.8, 4) is 5.75 Å². The standard InChI is InChI=1S/C24H27N3O2S/c1-16-10-12-21(22(14-16)29-15-19-8-6-5-7-9-19)27-23(28)13-11-20-17(2)25-24(30-4)26-18(20)3/h5-10,12,14H,11,13,15H2,1-4H3,(H,27,28). The molecular formula is C24H27N3O2S. The van der Waals surface area contributed by atoms with E-state index in [1.54, 1.807) is 0 Å². The zero-order valence-corrected chi connectivity index (χ0v) is 18.7. The average molecular weight is 422 g/mol. The molecule has 0 bridgehead atoms. The minimum absolute atomic E-state index is 0.0591. The molecule has 1 amide bonds. The van der Waals surface area contributed by atoms with Gasteiger partial charge in [-0.2, -0.15) is 0 Å². The molecule has 0 atom stereocenters. The Morgan fingerprint density at radius 3 is 2.40 bits per heavy atom. The zero-order valence-electron chi connectivity index (χ0n) is 17.9. The lowest BCUT2D eigenvalue weighted by Gasteiger charge is -2.14. The fourth-order valence-electron chi connectivity index (χ4n) is 3.20. The highest BCUT2D eigenvalue weighted by molar-refractivity contribution is 7.98. The fourth-order valence-corrected chi connectivity index (χ4v) is 3.66. The lowest BCUT2D eigenvalue weighted by Crippen LogP contribution is -2.14. The van der Waals surface area contributed by atoms with Gasteiger partial charge in [0.25, 0.3) is 0 Å². The van der Waals surface area contributed by atoms with E-state index in [2.05, 4.69) is 15.3 Å². The predicted octanol–water partition coefficient (Wildman–Crippen LogP) is 5.27. The van der Waals surface area contributed by atoms with E-state index in [0.29, 0.717) is 30.9 Å². The van der Waals surface area contributed by atoms with Gasteiger partial charge < -0.3 is 10.1 Å². The van der Waals surface area contributed by atoms with Crippen molar-refractivity contribution in [1.82, 2.24) is 9.97 Å². The van der Waals surface area contributed by atoms with Crippen molar-refractivity contribution in [2.24, 2.45) is 0 Å². The molecule has 30 heavy (non-hydrogen) atoms. The van der Waals surface area contributed by atoms with Gasteiger partial charge in [0.1, 0.15) is 12.4 Å². The van der Waals surface area contributed by atoms with Crippen LogP contribution in [-0.4, -0.2) is 22.1 Å². The third-order valence-corrected chi connectivity index (χ3v) is 5.38. The van der Waals surface area contributed by atoms with Gasteiger partial charge in [0.2, 0.25) is 5.91 Å². The first kappa shape index (κ1) is 21.8. The Morgan fingerprint density at radius 1 is 1.03 bits per heavy atom. The third kappa shape index (κ3) is 5.83. The molecule has 0 aliphatic rings. The van der Waals surface area contributed by atoms with E-state index >= 15 is 0 Å². The smallest absolute Gasteiger partial charge is 0.224 e. The molecule has 0 radical (unpaired) electrons. The average Bonchev–Trinajstić information content (AvgIpc) is 2.73. The minimum Gasteiger partial charge on any atom is -0.487 e. The van der Waals surface area contributed by atoms with Crippen LogP contribution in [0.5, 0.6) is 5.75 Å². The number of carbonyl (C=O) groups is 1. The summed E-state index contributed by atoms with van der Waals surface area (Å²) in [5.74, 6) is 0.614. The number of hydrogen-bond donors (Lipinski definition) is 1. The normalized spacial score (nSPS) is 10.7. The number of anilines is 1. The molecule has 5 nitrogen and oxygen atoms in total. The second kappa shape index (κ2) is 10.3. The summed E-state index contributed by atoms with van der Waals surface area (Å²) in [6, 6.07) is 15.8. The van der Waals surface area contributed by atoms with Crippen LogP contribution in [0.15, 0.2) is 53.7 Å². The summed E-state index contributed by atoms with van der Waals surface area (Å²) in [4.78, 5) is 21.6. The van der Waals surface area contributed by atoms with Crippen LogP contribution in [-0.2, 0) is 17.8 Å². The largest absolute Gasteiger partial charge is 0.487 e. The van der Waals surface area contributed by atoms with Crippen LogP contribution in [0.2, 0.25) is 0 Å². The Labute approximate surface area is 182 Å². The van der Waals surface area contributed by atoms with Gasteiger partial charge in [-0.05, 0) is 62.3 Å². The summed E-state index contributed by atoms with van der Waals surface area (Å²) in [5.41, 5.74) is 5.74. The number of carbonyl (C=O) groups excluding carboxylic acids is 1. The van der Waals surface area contributed by atoms with Gasteiger partial charge in [-0.25, -0.2) is 9.97 Å². The highest BCUT2D eigenvalue weighted by Gasteiger charge is 2.13. The van der Waals surface area contributed by atoms with E-state index in [0.717, 1.165) is 33.2 Å². The molecule has 2 aromatic carbocycles. The summed E-state index contributed by atoms with van der Waals surface area (Å²) in [7, 11) is 0. The predicted molar refractivity (Wildman–Crippen MR) is 122 cm³/mol. The first-order valence-corrected chi connectivity index (χ1v) is 11.1. The molecule has 0 unspecified atom stereocenters. The Bertz CT molecular complexity index is 999. The highest BCUT2D eigenvalue weighted by atomic mass is 32.2. The molecule has 0 fully saturated rings. The van der Waals surface area contributed by atoms with Gasteiger partial charge in [-0.1, -0.05) is 48.2 Å². The number of amides is 1. The first-order chi connectivity index (χ1) is 14.5. The summed E-state index contributed by atoms with van der Waals surface area (Å²) in [5, 5.41) is 3.76. The lowest BCUT2D eigenvalue weighted by atomic mass is 10.1. The van der Waals surface area contributed by atoms with Crippen molar-refractivity contribution in [1.29, 1.82) is 0 Å². The summed E-state index contributed by atoms with van der Waals surface area (Å²) < 4.78 is 5.99. The second-order valence-electron chi connectivity index (χ2n) is 7.18. The molecule has 0 aliphatic heterocycles. The molecule has 0 spiro atoms. The number of nitrogens with zero attached hydrogens (tertiary/aromatic N) is 2. The summed E-state index contributed by atoms with van der Waals surface area (Å²) >= 11 is 1.52. The molecular weight excluding hydrogens is 394 g/mol. The number of ether oxygens (including phenoxy) is 1. The molecule has 1 heterocycles. The van der Waals surface area contributed by atoms with Crippen molar-refractivity contribution >= 4 is 23.4 Å². The van der Waals surface area contributed by atoms with E-state index < -0.39 is 0 Å². The quantitative estimate of drug-likeness (QED) is 0.396. The molecule has 1 aromatic heterocycles. The maximum absolute atomic E-state index is 12.6. The topological polar surface area (TPSA) is 64.1 Å². The van der Waals surface area contributed by atoms with Crippen LogP contribution in [0.4, 0.5) is 5.69 Å². The fraction of sp³-hybridized carbons (Fsp3) is 0.292. The minimum atomic E-state index is -0.0591. The summed E-state index contributed by atoms with van der Waals surface area (Å²) in [6.07, 6.45) is 2.92. The van der Waals surface area contributed by atoms with Gasteiger partial charge in [0.05, 0.1) is 5.69 Å². The molecule has 1 N–H and O–H groups in total. The van der Waals surface area contributed by atoms with Crippen LogP contribution in [0.3, 0.4) is 0 Å². The number of rotatable bonds is 8. The van der Waals surface area contributed by atoms with Crippen LogP contribution in [0.1, 0.15) is 34.5 Å². The number of hydrogen-bond acceptors (Lipinski definition) is 5. The number of thioether (sulfide) groups is 1. The molecule has 3 aromatic rings. The highest BCUT2D eigenvalue weighted by Crippen LogP contribution is 2.27. The SMILES string of the molecule is CSc1nc(C)c(CCC(=O)Nc2ccc(C)cc2OCc2ccccc2)c(C)n1. The van der Waals surface area contributed by atoms with Gasteiger partial charge >= 0.3 is 0 Å². The summed E-state index contributed by atoms with van der Waals surface area (Å²) in [6.45, 7) is 6.39. The number of aryl methyl sites for hydroxylation is 3. The van der Waals surface area contributed by atoms with Crippen molar-refractivity contribution in [2.45, 2.75) is 45.4 Å². The molecule has 156 valence electrons. The van der Waals surface area contributed by atoms with E-state index in [9.17, 15) is 4.79 Å². The van der Waals surface area contributed by atoms with Gasteiger partial charge in [-0.3, -0.25) is 4.79 Å². The molecule has 0 aliphatic carbocycles. The van der Waals surface area contributed by atoms with Crippen molar-refractivity contribution in [3.63, 3.8) is 0 Å². The third-order valence-electron chi connectivity index (χ3n) is 4.83. The number of benzene rings is 2. The Morgan fingerprint density at radius 2 is 1.73 bits per heavy atom. The van der Waals surface area contributed by atoms with E-state index in [4.69, 9.17) is 4.74 Å². The van der Waals surface area contributed by atoms with Crippen LogP contribution < -0.4 is 10.1 Å². The van der Waals surface area contributed by atoms with Gasteiger partial charge in [0, 0.05) is 17.8 Å². The zero-order chi connectivity index (χ0) is 21.5. The lowest BCUT2D eigenvalue weighted by molar-refractivity contribution is -0.116. The van der Waals surface area contributed by atoms with Crippen LogP contribution >= 0.6 is 11.8 Å². The first-order valence-electron chi connectivity index (χ1n) is 9.91. The maximum atomic E-state index is 12.6.